The molecule has 2 rings (SSSR count). The number of hydrogen-bond acceptors (Lipinski definition) is 1. The molecule has 0 bridgehead atoms. The lowest BCUT2D eigenvalue weighted by Crippen LogP contribution is -2.21. The van der Waals surface area contributed by atoms with E-state index in [1.165, 1.54) is 25.7 Å². The zero-order valence-electron chi connectivity index (χ0n) is 12.3. The van der Waals surface area contributed by atoms with Crippen molar-refractivity contribution >= 4 is 11.8 Å². The van der Waals surface area contributed by atoms with Crippen LogP contribution in [0.15, 0.2) is 0 Å². The molecule has 0 spiro atoms. The van der Waals surface area contributed by atoms with Gasteiger partial charge in [0, 0.05) is 10.5 Å². The van der Waals surface area contributed by atoms with E-state index in [1.807, 2.05) is 0 Å². The predicted molar refractivity (Wildman–Crippen MR) is 79.5 cm³/mol. The van der Waals surface area contributed by atoms with Crippen LogP contribution < -0.4 is 0 Å². The van der Waals surface area contributed by atoms with Gasteiger partial charge in [0.1, 0.15) is 0 Å². The van der Waals surface area contributed by atoms with Crippen LogP contribution in [0, 0.1) is 29.6 Å². The van der Waals surface area contributed by atoms with Crippen LogP contribution in [0.25, 0.3) is 0 Å². The quantitative estimate of drug-likeness (QED) is 0.662. The molecule has 1 heterocycles. The standard InChI is InChI=1S/C16H30S/c1-6-13(10(2)3)9-15-12(5)14-7-11(4)8-16(14)17-15/h10-16H,6-9H2,1-5H3. The zero-order chi connectivity index (χ0) is 12.6. The third kappa shape index (κ3) is 2.85. The van der Waals surface area contributed by atoms with Crippen molar-refractivity contribution in [1.82, 2.24) is 0 Å². The molecule has 0 aromatic heterocycles. The highest BCUT2D eigenvalue weighted by Gasteiger charge is 2.46. The third-order valence-electron chi connectivity index (χ3n) is 5.40. The Morgan fingerprint density at radius 1 is 1.18 bits per heavy atom. The van der Waals surface area contributed by atoms with Gasteiger partial charge in [0.05, 0.1) is 0 Å². The highest BCUT2D eigenvalue weighted by Crippen LogP contribution is 2.54. The molecule has 1 aliphatic carbocycles. The monoisotopic (exact) mass is 254 g/mol. The van der Waals surface area contributed by atoms with Crippen LogP contribution in [0.5, 0.6) is 0 Å². The van der Waals surface area contributed by atoms with Crippen molar-refractivity contribution in [2.75, 3.05) is 0 Å². The first-order valence-corrected chi connectivity index (χ1v) is 8.62. The molecule has 6 atom stereocenters. The summed E-state index contributed by atoms with van der Waals surface area (Å²) in [7, 11) is 0. The van der Waals surface area contributed by atoms with Crippen molar-refractivity contribution in [3.8, 4) is 0 Å². The third-order valence-corrected chi connectivity index (χ3v) is 7.26. The Kier molecular flexibility index (Phi) is 4.50. The predicted octanol–water partition coefficient (Wildman–Crippen LogP) is 5.22. The molecule has 17 heavy (non-hydrogen) atoms. The molecule has 2 fully saturated rings. The first kappa shape index (κ1) is 13.8. The van der Waals surface area contributed by atoms with Crippen molar-refractivity contribution in [2.24, 2.45) is 29.6 Å². The summed E-state index contributed by atoms with van der Waals surface area (Å²) in [6.07, 6.45) is 5.84. The van der Waals surface area contributed by atoms with Gasteiger partial charge < -0.3 is 0 Å². The molecule has 0 N–H and O–H groups in total. The fraction of sp³-hybridized carbons (Fsp3) is 1.00. The normalized spacial score (nSPS) is 43.1. The molecular formula is C16H30S. The van der Waals surface area contributed by atoms with E-state index in [9.17, 15) is 0 Å². The van der Waals surface area contributed by atoms with Crippen LogP contribution in [0.3, 0.4) is 0 Å². The van der Waals surface area contributed by atoms with E-state index in [0.29, 0.717) is 0 Å². The maximum Gasteiger partial charge on any atom is 0.00837 e. The van der Waals surface area contributed by atoms with Gasteiger partial charge in [-0.1, -0.05) is 41.0 Å². The molecule has 0 nitrogen and oxygen atoms in total. The average molecular weight is 254 g/mol. The molecule has 0 aromatic rings. The fourth-order valence-corrected chi connectivity index (χ4v) is 6.35. The van der Waals surface area contributed by atoms with Crippen molar-refractivity contribution < 1.29 is 0 Å². The van der Waals surface area contributed by atoms with E-state index in [-0.39, 0.29) is 0 Å². The number of hydrogen-bond donors (Lipinski definition) is 0. The Balaban J connectivity index is 1.92. The summed E-state index contributed by atoms with van der Waals surface area (Å²) in [5.41, 5.74) is 0. The van der Waals surface area contributed by atoms with E-state index in [0.717, 1.165) is 40.1 Å². The van der Waals surface area contributed by atoms with E-state index >= 15 is 0 Å². The highest BCUT2D eigenvalue weighted by molar-refractivity contribution is 8.00. The molecule has 0 radical (unpaired) electrons. The summed E-state index contributed by atoms with van der Waals surface area (Å²) in [6, 6.07) is 0. The minimum absolute atomic E-state index is 0.868. The fourth-order valence-electron chi connectivity index (χ4n) is 4.10. The molecule has 1 heteroatoms. The summed E-state index contributed by atoms with van der Waals surface area (Å²) in [5, 5.41) is 1.97. The van der Waals surface area contributed by atoms with Crippen LogP contribution in [0.1, 0.15) is 60.3 Å². The zero-order valence-corrected chi connectivity index (χ0v) is 13.1. The molecule has 100 valence electrons. The topological polar surface area (TPSA) is 0 Å². The second-order valence-corrected chi connectivity index (χ2v) is 8.44. The van der Waals surface area contributed by atoms with E-state index in [1.54, 1.807) is 0 Å². The van der Waals surface area contributed by atoms with Crippen molar-refractivity contribution in [3.63, 3.8) is 0 Å². The maximum absolute atomic E-state index is 2.54. The summed E-state index contributed by atoms with van der Waals surface area (Å²) >= 11 is 2.35. The summed E-state index contributed by atoms with van der Waals surface area (Å²) in [4.78, 5) is 0. The highest BCUT2D eigenvalue weighted by atomic mass is 32.2. The van der Waals surface area contributed by atoms with Gasteiger partial charge >= 0.3 is 0 Å². The molecule has 0 aromatic carbocycles. The van der Waals surface area contributed by atoms with Crippen LogP contribution >= 0.6 is 11.8 Å². The number of thioether (sulfide) groups is 1. The maximum atomic E-state index is 2.54. The minimum Gasteiger partial charge on any atom is -0.155 e. The lowest BCUT2D eigenvalue weighted by molar-refractivity contribution is 0.295. The number of rotatable bonds is 4. The number of fused-ring (bicyclic) bond motifs is 1. The second kappa shape index (κ2) is 5.55. The lowest BCUT2D eigenvalue weighted by Gasteiger charge is -2.26. The van der Waals surface area contributed by atoms with Crippen LogP contribution in [-0.2, 0) is 0 Å². The van der Waals surface area contributed by atoms with Crippen LogP contribution in [0.2, 0.25) is 0 Å². The van der Waals surface area contributed by atoms with Gasteiger partial charge in [-0.2, -0.15) is 11.8 Å². The van der Waals surface area contributed by atoms with Gasteiger partial charge in [0.2, 0.25) is 0 Å². The molecule has 6 unspecified atom stereocenters. The minimum atomic E-state index is 0.868. The smallest absolute Gasteiger partial charge is 0.00837 e. The van der Waals surface area contributed by atoms with Crippen LogP contribution in [-0.4, -0.2) is 10.5 Å². The molecule has 0 amide bonds. The summed E-state index contributed by atoms with van der Waals surface area (Å²) in [5.74, 6) is 4.83. The van der Waals surface area contributed by atoms with Crippen molar-refractivity contribution in [3.05, 3.63) is 0 Å². The second-order valence-electron chi connectivity index (χ2n) is 6.96. The Morgan fingerprint density at radius 2 is 1.88 bits per heavy atom. The SMILES string of the molecule is CCC(CC1SC2CC(C)CC2C1C)C(C)C. The van der Waals surface area contributed by atoms with E-state index in [4.69, 9.17) is 0 Å². The molecule has 1 aliphatic heterocycles. The Morgan fingerprint density at radius 3 is 2.41 bits per heavy atom. The van der Waals surface area contributed by atoms with E-state index in [2.05, 4.69) is 46.4 Å². The van der Waals surface area contributed by atoms with Gasteiger partial charge in [-0.15, -0.1) is 0 Å². The Labute approximate surface area is 112 Å². The Hall–Kier alpha value is 0.350. The molecule has 1 saturated heterocycles. The first-order chi connectivity index (χ1) is 8.02. The molecular weight excluding hydrogens is 224 g/mol. The lowest BCUT2D eigenvalue weighted by atomic mass is 9.82. The molecule has 1 saturated carbocycles. The van der Waals surface area contributed by atoms with Gasteiger partial charge in [-0.05, 0) is 48.9 Å². The van der Waals surface area contributed by atoms with Gasteiger partial charge in [-0.25, -0.2) is 0 Å². The Bertz CT molecular complexity index is 248. The first-order valence-electron chi connectivity index (χ1n) is 7.68. The van der Waals surface area contributed by atoms with Gasteiger partial charge in [0.15, 0.2) is 0 Å². The summed E-state index contributed by atoms with van der Waals surface area (Å²) < 4.78 is 0. The van der Waals surface area contributed by atoms with Gasteiger partial charge in [-0.3, -0.25) is 0 Å². The van der Waals surface area contributed by atoms with E-state index < -0.39 is 0 Å². The average Bonchev–Trinajstić information content (AvgIpc) is 2.74. The van der Waals surface area contributed by atoms with Crippen molar-refractivity contribution in [2.45, 2.75) is 70.8 Å². The van der Waals surface area contributed by atoms with Gasteiger partial charge in [0.25, 0.3) is 0 Å². The van der Waals surface area contributed by atoms with Crippen LogP contribution in [0.4, 0.5) is 0 Å². The summed E-state index contributed by atoms with van der Waals surface area (Å²) in [6.45, 7) is 12.2. The molecule has 2 aliphatic rings. The largest absolute Gasteiger partial charge is 0.155 e. The van der Waals surface area contributed by atoms with Crippen molar-refractivity contribution in [1.29, 1.82) is 0 Å².